The van der Waals surface area contributed by atoms with Gasteiger partial charge in [-0.25, -0.2) is 0 Å². The van der Waals surface area contributed by atoms with E-state index in [-0.39, 0.29) is 0 Å². The molecule has 0 fully saturated rings. The van der Waals surface area contributed by atoms with Crippen LogP contribution in [0.3, 0.4) is 0 Å². The first-order valence-electron chi connectivity index (χ1n) is 43.1. The van der Waals surface area contributed by atoms with E-state index >= 15 is 0 Å². The number of thiophene rings is 1. The molecule has 0 aliphatic rings. The molecule has 0 aliphatic carbocycles. The number of hydrogen-bond donors (Lipinski definition) is 0. The van der Waals surface area contributed by atoms with Crippen molar-refractivity contribution in [2.24, 2.45) is 0 Å². The highest BCUT2D eigenvalue weighted by Crippen LogP contribution is 2.53. The maximum absolute atomic E-state index is 6.91. The smallest absolute Gasteiger partial charge is 0.143 e. The van der Waals surface area contributed by atoms with Gasteiger partial charge in [-0.05, 0) is 298 Å². The van der Waals surface area contributed by atoms with Crippen LogP contribution >= 0.6 is 11.3 Å². The minimum atomic E-state index is 0.873. The van der Waals surface area contributed by atoms with Crippen molar-refractivity contribution >= 4 is 194 Å². The van der Waals surface area contributed by atoms with Gasteiger partial charge in [0.1, 0.15) is 22.3 Å². The molecule has 0 atom stereocenters. The highest BCUT2D eigenvalue weighted by molar-refractivity contribution is 7.26. The summed E-state index contributed by atoms with van der Waals surface area (Å²) in [5, 5.41) is 33.6. The van der Waals surface area contributed by atoms with E-state index in [0.29, 0.717) is 0 Å². The molecule has 27 aromatic rings. The zero-order valence-electron chi connectivity index (χ0n) is 67.6. The Morgan fingerprint density at radius 2 is 0.464 bits per heavy atom. The second-order valence-electron chi connectivity index (χ2n) is 33.9. The van der Waals surface area contributed by atoms with Crippen molar-refractivity contribution in [1.29, 1.82) is 0 Å². The molecule has 0 amide bonds. The molecule has 3 heteroatoms. The van der Waals surface area contributed by atoms with Crippen molar-refractivity contribution in [3.8, 4) is 100 Å². The molecule has 24 aromatic carbocycles. The van der Waals surface area contributed by atoms with Gasteiger partial charge in [-0.3, -0.25) is 0 Å². The molecule has 576 valence electrons. The molecule has 27 rings (SSSR count). The molecule has 3 heterocycles. The van der Waals surface area contributed by atoms with Gasteiger partial charge in [0.15, 0.2) is 0 Å². The fourth-order valence-corrected chi connectivity index (χ4v) is 22.5. The average molecular weight is 1600 g/mol. The van der Waals surface area contributed by atoms with E-state index < -0.39 is 0 Å². The fraction of sp³-hybridized carbons (Fsp3) is 0. The standard InChI is InChI=1S/C122H70O2S/c1-2-21-75(22-3-1)115-95-26-10-17-33-102(95)120(89-51-54-94-106-58-47-74-20-7-9-25-92(74)122(106)125-114(94)70-89)110-66-84(48-55-103(110)115)83-49-56-104-109(65-83)119(101-32-16-11-27-96(101)116(104)76-37-34-72(35-38-76)82-52-59-111-108(64-82)105-57-46-73-19-6-8-24-91(73)121(105)124-111)87-45-43-79-60-78(39-40-80(79)62-87)81-41-42-85-68-113-107(67-90(85)63-81)93-53-50-88(69-112(93)123-113)118-99-30-14-12-28-97(99)117(98-29-13-15-31-100(98)118)86-44-36-71-18-4-5-23-77(71)61-86/h1-70H. The summed E-state index contributed by atoms with van der Waals surface area (Å²) in [6, 6.07) is 159. The maximum Gasteiger partial charge on any atom is 0.143 e. The largest absolute Gasteiger partial charge is 0.456 e. The maximum atomic E-state index is 6.91. The van der Waals surface area contributed by atoms with Crippen LogP contribution in [0, 0.1) is 0 Å². The molecule has 125 heavy (non-hydrogen) atoms. The van der Waals surface area contributed by atoms with Gasteiger partial charge in [-0.15, -0.1) is 11.3 Å². The Morgan fingerprint density at radius 1 is 0.136 bits per heavy atom. The lowest BCUT2D eigenvalue weighted by molar-refractivity contribution is 0.669. The summed E-state index contributed by atoms with van der Waals surface area (Å²) >= 11 is 1.91. The third kappa shape index (κ3) is 10.9. The van der Waals surface area contributed by atoms with Gasteiger partial charge >= 0.3 is 0 Å². The van der Waals surface area contributed by atoms with Crippen LogP contribution in [-0.2, 0) is 0 Å². The minimum absolute atomic E-state index is 0.873. The van der Waals surface area contributed by atoms with E-state index in [2.05, 4.69) is 425 Å². The number of hydrogen-bond acceptors (Lipinski definition) is 3. The van der Waals surface area contributed by atoms with Gasteiger partial charge < -0.3 is 8.83 Å². The first-order chi connectivity index (χ1) is 61.9. The summed E-state index contributed by atoms with van der Waals surface area (Å²) in [6.45, 7) is 0. The lowest BCUT2D eigenvalue weighted by Gasteiger charge is -2.20. The van der Waals surface area contributed by atoms with Gasteiger partial charge in [-0.2, -0.15) is 0 Å². The highest BCUT2D eigenvalue weighted by atomic mass is 32.1. The monoisotopic (exact) mass is 1600 g/mol. The molecule has 3 aromatic heterocycles. The summed E-state index contributed by atoms with van der Waals surface area (Å²) in [6.07, 6.45) is 0. The number of furan rings is 2. The first kappa shape index (κ1) is 69.7. The number of benzene rings is 24. The topological polar surface area (TPSA) is 26.3 Å². The second kappa shape index (κ2) is 27.2. The van der Waals surface area contributed by atoms with E-state index in [1.54, 1.807) is 0 Å². The van der Waals surface area contributed by atoms with Gasteiger partial charge in [0.25, 0.3) is 0 Å². The van der Waals surface area contributed by atoms with Crippen molar-refractivity contribution in [3.63, 3.8) is 0 Å². The second-order valence-corrected chi connectivity index (χ2v) is 35.0. The Labute approximate surface area is 722 Å². The lowest BCUT2D eigenvalue weighted by Crippen LogP contribution is -1.93. The van der Waals surface area contributed by atoms with Crippen LogP contribution in [0.4, 0.5) is 0 Å². The van der Waals surface area contributed by atoms with Crippen molar-refractivity contribution in [3.05, 3.63) is 425 Å². The van der Waals surface area contributed by atoms with E-state index in [1.165, 1.54) is 178 Å². The van der Waals surface area contributed by atoms with Gasteiger partial charge in [0, 0.05) is 47.1 Å². The summed E-state index contributed by atoms with van der Waals surface area (Å²) in [5.74, 6) is 0. The molecule has 0 radical (unpaired) electrons. The van der Waals surface area contributed by atoms with Crippen LogP contribution in [0.1, 0.15) is 0 Å². The van der Waals surface area contributed by atoms with Crippen LogP contribution in [0.2, 0.25) is 0 Å². The van der Waals surface area contributed by atoms with E-state index in [0.717, 1.165) is 105 Å². The molecule has 0 bridgehead atoms. The van der Waals surface area contributed by atoms with Gasteiger partial charge in [0.2, 0.25) is 0 Å². The number of rotatable bonds is 9. The average Bonchev–Trinajstić information content (AvgIpc) is 1.19. The molecule has 0 spiro atoms. The van der Waals surface area contributed by atoms with Crippen molar-refractivity contribution in [2.75, 3.05) is 0 Å². The predicted molar refractivity (Wildman–Crippen MR) is 535 cm³/mol. The van der Waals surface area contributed by atoms with Gasteiger partial charge in [0.05, 0.1) is 0 Å². The fourth-order valence-electron chi connectivity index (χ4n) is 21.3. The molecular weight excluding hydrogens is 1530 g/mol. The normalized spacial score (nSPS) is 12.2. The molecule has 0 unspecified atom stereocenters. The van der Waals surface area contributed by atoms with E-state index in [9.17, 15) is 0 Å². The molecular formula is C122H70O2S. The molecule has 0 saturated heterocycles. The Kier molecular flexibility index (Phi) is 15.2. The van der Waals surface area contributed by atoms with Crippen LogP contribution in [-0.4, -0.2) is 0 Å². The highest BCUT2D eigenvalue weighted by Gasteiger charge is 2.25. The summed E-state index contributed by atoms with van der Waals surface area (Å²) < 4.78 is 16.1. The zero-order chi connectivity index (χ0) is 81.6. The zero-order valence-corrected chi connectivity index (χ0v) is 68.5. The minimum Gasteiger partial charge on any atom is -0.456 e. The quantitative estimate of drug-likeness (QED) is 0.135. The Morgan fingerprint density at radius 3 is 1.06 bits per heavy atom. The first-order valence-corrected chi connectivity index (χ1v) is 43.9. The van der Waals surface area contributed by atoms with Crippen LogP contribution in [0.15, 0.2) is 433 Å². The SMILES string of the molecule is c1ccc(-c2c3ccccc3c(-c3ccc4c(c3)sc3c5ccccc5ccc43)c3cc(-c4ccc5c(-c6ccc(-c7ccc8oc9c%10ccccc%10ccc9c8c7)cc6)c6ccccc6c(-c6ccc7cc(-c8ccc9cc%10oc%11cc(-c%12c%13ccccc%13c(-c%13ccc%14ccccc%14c%13)c%13ccccc%12%13)ccc%11c%10cc9c8)ccc7c6)c5c4)ccc23)cc1. The van der Waals surface area contributed by atoms with Crippen molar-refractivity contribution in [1.82, 2.24) is 0 Å². The molecule has 0 N–H and O–H groups in total. The summed E-state index contributed by atoms with van der Waals surface area (Å²) in [4.78, 5) is 0. The van der Waals surface area contributed by atoms with Crippen LogP contribution in [0.25, 0.3) is 283 Å². The molecule has 0 aliphatic heterocycles. The summed E-state index contributed by atoms with van der Waals surface area (Å²) in [7, 11) is 0. The predicted octanol–water partition coefficient (Wildman–Crippen LogP) is 35.5. The Bertz CT molecular complexity index is 9300. The van der Waals surface area contributed by atoms with E-state index in [4.69, 9.17) is 8.83 Å². The molecule has 0 saturated carbocycles. The third-order valence-corrected chi connectivity index (χ3v) is 28.3. The Hall–Kier alpha value is -16.0. The third-order valence-electron chi connectivity index (χ3n) is 27.1. The Balaban J connectivity index is 0.591. The van der Waals surface area contributed by atoms with Crippen molar-refractivity contribution < 1.29 is 8.83 Å². The van der Waals surface area contributed by atoms with E-state index in [1.807, 2.05) is 11.3 Å². The van der Waals surface area contributed by atoms with Crippen molar-refractivity contribution in [2.45, 2.75) is 0 Å². The van der Waals surface area contributed by atoms with Crippen LogP contribution in [0.5, 0.6) is 0 Å². The van der Waals surface area contributed by atoms with Gasteiger partial charge in [-0.1, -0.05) is 340 Å². The summed E-state index contributed by atoms with van der Waals surface area (Å²) in [5.41, 5.74) is 24.9. The lowest BCUT2D eigenvalue weighted by atomic mass is 9.83. The number of fused-ring (bicyclic) bond motifs is 22. The molecule has 2 nitrogen and oxygen atoms in total. The van der Waals surface area contributed by atoms with Crippen LogP contribution < -0.4 is 0 Å².